The van der Waals surface area contributed by atoms with Crippen LogP contribution in [0.4, 0.5) is 11.4 Å². The van der Waals surface area contributed by atoms with E-state index in [-0.39, 0.29) is 29.6 Å². The fourth-order valence-corrected chi connectivity index (χ4v) is 4.72. The largest absolute Gasteiger partial charge is 0.325 e. The molecule has 1 amide bonds. The minimum atomic E-state index is -3.64. The quantitative estimate of drug-likeness (QED) is 0.422. The first-order valence-corrected chi connectivity index (χ1v) is 11.4. The average Bonchev–Trinajstić information content (AvgIpc) is 2.70. The van der Waals surface area contributed by atoms with Crippen LogP contribution in [0.3, 0.4) is 0 Å². The van der Waals surface area contributed by atoms with Crippen LogP contribution < -0.4 is 5.32 Å². The Hall–Kier alpha value is -2.53. The molecule has 0 saturated carbocycles. The summed E-state index contributed by atoms with van der Waals surface area (Å²) >= 11 is 6.11. The van der Waals surface area contributed by atoms with Crippen LogP contribution >= 0.6 is 11.6 Å². The van der Waals surface area contributed by atoms with Gasteiger partial charge in [0.15, 0.2) is 0 Å². The third-order valence-electron chi connectivity index (χ3n) is 4.55. The van der Waals surface area contributed by atoms with Crippen molar-refractivity contribution in [3.63, 3.8) is 0 Å². The highest BCUT2D eigenvalue weighted by Gasteiger charge is 2.22. The Balaban J connectivity index is 2.06. The van der Waals surface area contributed by atoms with Crippen molar-refractivity contribution in [1.82, 2.24) is 9.21 Å². The van der Waals surface area contributed by atoms with Gasteiger partial charge in [-0.25, -0.2) is 8.42 Å². The second-order valence-electron chi connectivity index (χ2n) is 6.87. The molecule has 31 heavy (non-hydrogen) atoms. The van der Waals surface area contributed by atoms with Gasteiger partial charge in [-0.3, -0.25) is 19.8 Å². The number of halogens is 1. The van der Waals surface area contributed by atoms with Crippen LogP contribution in [0.1, 0.15) is 19.4 Å². The van der Waals surface area contributed by atoms with Crippen LogP contribution in [0.2, 0.25) is 5.02 Å². The van der Waals surface area contributed by atoms with Crippen molar-refractivity contribution in [3.8, 4) is 0 Å². The third kappa shape index (κ3) is 6.47. The summed E-state index contributed by atoms with van der Waals surface area (Å²) < 4.78 is 26.7. The number of carbonyl (C=O) groups is 1. The smallest absolute Gasteiger partial charge is 0.269 e. The van der Waals surface area contributed by atoms with E-state index in [0.29, 0.717) is 29.4 Å². The van der Waals surface area contributed by atoms with Crippen molar-refractivity contribution in [2.75, 3.05) is 32.0 Å². The van der Waals surface area contributed by atoms with E-state index in [1.54, 1.807) is 37.9 Å². The van der Waals surface area contributed by atoms with Gasteiger partial charge in [-0.1, -0.05) is 31.5 Å². The fourth-order valence-electron chi connectivity index (χ4n) is 3.04. The monoisotopic (exact) mass is 468 g/mol. The summed E-state index contributed by atoms with van der Waals surface area (Å²) in [5, 5.41) is 14.0. The summed E-state index contributed by atoms with van der Waals surface area (Å²) in [5.41, 5.74) is 0.807. The first kappa shape index (κ1) is 24.7. The maximum absolute atomic E-state index is 12.7. The first-order valence-electron chi connectivity index (χ1n) is 9.59. The molecule has 2 aromatic rings. The summed E-state index contributed by atoms with van der Waals surface area (Å²) in [7, 11) is -1.96. The number of nitro groups is 1. The first-order chi connectivity index (χ1) is 14.6. The Bertz CT molecular complexity index is 1060. The van der Waals surface area contributed by atoms with Crippen molar-refractivity contribution in [2.45, 2.75) is 25.3 Å². The molecule has 0 aliphatic heterocycles. The Morgan fingerprint density at radius 2 is 1.84 bits per heavy atom. The van der Waals surface area contributed by atoms with E-state index in [9.17, 15) is 23.3 Å². The molecule has 0 unspecified atom stereocenters. The normalized spacial score (nSPS) is 11.7. The van der Waals surface area contributed by atoms with Gasteiger partial charge in [0.1, 0.15) is 0 Å². The van der Waals surface area contributed by atoms with Crippen molar-refractivity contribution in [1.29, 1.82) is 0 Å². The van der Waals surface area contributed by atoms with Crippen LogP contribution in [0.25, 0.3) is 0 Å². The minimum absolute atomic E-state index is 0.0218. The average molecular weight is 469 g/mol. The van der Waals surface area contributed by atoms with Gasteiger partial charge in [0.25, 0.3) is 5.69 Å². The van der Waals surface area contributed by atoms with Gasteiger partial charge in [-0.05, 0) is 36.9 Å². The number of nitrogens with zero attached hydrogens (tertiary/aromatic N) is 3. The Kier molecular flexibility index (Phi) is 8.52. The van der Waals surface area contributed by atoms with Crippen LogP contribution in [-0.4, -0.2) is 55.1 Å². The Morgan fingerprint density at radius 3 is 2.45 bits per heavy atom. The summed E-state index contributed by atoms with van der Waals surface area (Å²) in [4.78, 5) is 24.6. The minimum Gasteiger partial charge on any atom is -0.325 e. The van der Waals surface area contributed by atoms with E-state index >= 15 is 0 Å². The molecule has 0 bridgehead atoms. The zero-order valence-electron chi connectivity index (χ0n) is 17.5. The number of nitro benzene ring substituents is 1. The van der Waals surface area contributed by atoms with Gasteiger partial charge >= 0.3 is 0 Å². The number of hydrogen-bond acceptors (Lipinski definition) is 6. The Labute approximate surface area is 186 Å². The fraction of sp³-hybridized carbons (Fsp3) is 0.350. The number of likely N-dealkylation sites (N-methyl/N-ethyl adjacent to an activating group) is 1. The molecule has 0 fully saturated rings. The van der Waals surface area contributed by atoms with Gasteiger partial charge in [0, 0.05) is 42.5 Å². The molecule has 9 nitrogen and oxygen atoms in total. The summed E-state index contributed by atoms with van der Waals surface area (Å²) in [6.45, 7) is 4.42. The zero-order chi connectivity index (χ0) is 23.2. The van der Waals surface area contributed by atoms with E-state index in [0.717, 1.165) is 0 Å². The van der Waals surface area contributed by atoms with Gasteiger partial charge < -0.3 is 5.32 Å². The lowest BCUT2D eigenvalue weighted by atomic mass is 10.2. The number of amides is 1. The number of nitrogens with one attached hydrogen (secondary N) is 1. The van der Waals surface area contributed by atoms with Gasteiger partial charge in [0.2, 0.25) is 15.9 Å². The van der Waals surface area contributed by atoms with Crippen LogP contribution in [0.15, 0.2) is 47.4 Å². The molecule has 168 valence electrons. The highest BCUT2D eigenvalue weighted by Crippen LogP contribution is 2.23. The number of carbonyl (C=O) groups excluding carboxylic acids is 1. The molecule has 0 atom stereocenters. The van der Waals surface area contributed by atoms with Crippen LogP contribution in [0.5, 0.6) is 0 Å². The highest BCUT2D eigenvalue weighted by molar-refractivity contribution is 7.89. The second kappa shape index (κ2) is 10.7. The van der Waals surface area contributed by atoms with Crippen molar-refractivity contribution >= 4 is 38.9 Å². The third-order valence-corrected chi connectivity index (χ3v) is 6.97. The maximum atomic E-state index is 12.7. The molecule has 0 aromatic heterocycles. The molecule has 2 rings (SSSR count). The number of anilines is 1. The highest BCUT2D eigenvalue weighted by atomic mass is 35.5. The van der Waals surface area contributed by atoms with Crippen LogP contribution in [0, 0.1) is 10.1 Å². The predicted molar refractivity (Wildman–Crippen MR) is 120 cm³/mol. The SMILES string of the molecule is CCN(CC)S(=O)(=O)c1cccc(NC(=O)CN(C)Cc2cc([N+](=O)[O-])ccc2Cl)c1. The molecule has 0 spiro atoms. The standard InChI is InChI=1S/C20H25ClN4O5S/c1-4-24(5-2)31(29,30)18-8-6-7-16(12-18)22-20(26)14-23(3)13-15-11-17(25(27)28)9-10-19(15)21/h6-12H,4-5,13-14H2,1-3H3,(H,22,26). The number of hydrogen-bond donors (Lipinski definition) is 1. The summed E-state index contributed by atoms with van der Waals surface area (Å²) in [6, 6.07) is 10.2. The lowest BCUT2D eigenvalue weighted by Gasteiger charge is -2.19. The van der Waals surface area contributed by atoms with Crippen molar-refractivity contribution < 1.29 is 18.1 Å². The molecule has 11 heteroatoms. The van der Waals surface area contributed by atoms with E-state index in [2.05, 4.69) is 5.32 Å². The lowest BCUT2D eigenvalue weighted by Crippen LogP contribution is -2.31. The van der Waals surface area contributed by atoms with E-state index in [1.165, 1.54) is 34.6 Å². The Morgan fingerprint density at radius 1 is 1.16 bits per heavy atom. The molecule has 2 aromatic carbocycles. The zero-order valence-corrected chi connectivity index (χ0v) is 19.1. The van der Waals surface area contributed by atoms with E-state index in [4.69, 9.17) is 11.6 Å². The molecular formula is C20H25ClN4O5S. The summed E-state index contributed by atoms with van der Waals surface area (Å²) in [6.07, 6.45) is 0. The van der Waals surface area contributed by atoms with Gasteiger partial charge in [-0.2, -0.15) is 4.31 Å². The topological polar surface area (TPSA) is 113 Å². The second-order valence-corrected chi connectivity index (χ2v) is 9.22. The predicted octanol–water partition coefficient (Wildman–Crippen LogP) is 3.35. The molecule has 1 N–H and O–H groups in total. The van der Waals surface area contributed by atoms with Gasteiger partial charge in [-0.15, -0.1) is 0 Å². The van der Waals surface area contributed by atoms with Crippen LogP contribution in [-0.2, 0) is 21.4 Å². The lowest BCUT2D eigenvalue weighted by molar-refractivity contribution is -0.384. The van der Waals surface area contributed by atoms with Crippen molar-refractivity contribution in [3.05, 3.63) is 63.2 Å². The number of rotatable bonds is 10. The van der Waals surface area contributed by atoms with Gasteiger partial charge in [0.05, 0.1) is 16.4 Å². The number of sulfonamides is 1. The summed E-state index contributed by atoms with van der Waals surface area (Å²) in [5.74, 6) is -0.360. The molecule has 0 radical (unpaired) electrons. The van der Waals surface area contributed by atoms with Crippen molar-refractivity contribution in [2.24, 2.45) is 0 Å². The number of benzene rings is 2. The molecule has 0 aliphatic rings. The molecule has 0 aliphatic carbocycles. The maximum Gasteiger partial charge on any atom is 0.269 e. The molecule has 0 saturated heterocycles. The molecule has 0 heterocycles. The van der Waals surface area contributed by atoms with E-state index in [1.807, 2.05) is 0 Å². The molecular weight excluding hydrogens is 444 g/mol. The number of non-ortho nitro benzene ring substituents is 1. The van der Waals surface area contributed by atoms with E-state index < -0.39 is 14.9 Å².